The van der Waals surface area contributed by atoms with Gasteiger partial charge in [-0.1, -0.05) is 12.1 Å². The molecule has 0 spiro atoms. The number of sulfonamides is 1. The maximum absolute atomic E-state index is 13.3. The van der Waals surface area contributed by atoms with Crippen molar-refractivity contribution < 1.29 is 27.1 Å². The molecule has 29 heavy (non-hydrogen) atoms. The molecule has 0 radical (unpaired) electrons. The minimum Gasteiger partial charge on any atom is -0.486 e. The van der Waals surface area contributed by atoms with Gasteiger partial charge in [0, 0.05) is 19.2 Å². The van der Waals surface area contributed by atoms with Crippen molar-refractivity contribution in [3.8, 4) is 11.5 Å². The third-order valence-corrected chi connectivity index (χ3v) is 6.89. The lowest BCUT2D eigenvalue weighted by atomic mass is 10.2. The Bertz CT molecular complexity index is 1030. The molecule has 1 amide bonds. The molecule has 4 rings (SSSR count). The first-order chi connectivity index (χ1) is 13.9. The highest BCUT2D eigenvalue weighted by Crippen LogP contribution is 2.34. The molecule has 2 aliphatic rings. The number of halogens is 1. The molecule has 0 bridgehead atoms. The first-order valence-corrected chi connectivity index (χ1v) is 10.8. The van der Waals surface area contributed by atoms with E-state index in [0.717, 1.165) is 0 Å². The van der Waals surface area contributed by atoms with Gasteiger partial charge in [-0.2, -0.15) is 4.31 Å². The van der Waals surface area contributed by atoms with Crippen LogP contribution in [0.5, 0.6) is 11.5 Å². The third kappa shape index (κ3) is 4.06. The summed E-state index contributed by atoms with van der Waals surface area (Å²) in [7, 11) is -3.88. The summed E-state index contributed by atoms with van der Waals surface area (Å²) in [4.78, 5) is 12.7. The molecular weight excluding hydrogens is 399 g/mol. The SMILES string of the molecule is O=C(NCc1cccc(F)c1)C1CCCN1S(=O)(=O)c1ccc2c(c1)OCCO2. The smallest absolute Gasteiger partial charge is 0.243 e. The van der Waals surface area contributed by atoms with Gasteiger partial charge in [0.15, 0.2) is 11.5 Å². The van der Waals surface area contributed by atoms with Crippen molar-refractivity contribution in [3.63, 3.8) is 0 Å². The van der Waals surface area contributed by atoms with Gasteiger partial charge in [-0.25, -0.2) is 12.8 Å². The van der Waals surface area contributed by atoms with Crippen molar-refractivity contribution in [3.05, 3.63) is 53.8 Å². The van der Waals surface area contributed by atoms with E-state index in [1.54, 1.807) is 18.2 Å². The second kappa shape index (κ2) is 8.00. The van der Waals surface area contributed by atoms with E-state index < -0.39 is 22.0 Å². The van der Waals surface area contributed by atoms with Crippen LogP contribution in [0.1, 0.15) is 18.4 Å². The highest BCUT2D eigenvalue weighted by atomic mass is 32.2. The van der Waals surface area contributed by atoms with Crippen molar-refractivity contribution >= 4 is 15.9 Å². The van der Waals surface area contributed by atoms with Crippen LogP contribution in [0, 0.1) is 5.82 Å². The molecule has 2 aromatic rings. The summed E-state index contributed by atoms with van der Waals surface area (Å²) in [5.74, 6) is 0.0953. The number of rotatable bonds is 5. The molecule has 2 aliphatic heterocycles. The van der Waals surface area contributed by atoms with E-state index in [0.29, 0.717) is 43.1 Å². The minimum atomic E-state index is -3.88. The number of carbonyl (C=O) groups is 1. The summed E-state index contributed by atoms with van der Waals surface area (Å²) in [5.41, 5.74) is 0.609. The Labute approximate surface area is 168 Å². The van der Waals surface area contributed by atoms with E-state index in [9.17, 15) is 17.6 Å². The Morgan fingerprint density at radius 2 is 1.93 bits per heavy atom. The van der Waals surface area contributed by atoms with Crippen LogP contribution >= 0.6 is 0 Å². The first-order valence-electron chi connectivity index (χ1n) is 9.39. The quantitative estimate of drug-likeness (QED) is 0.801. The Balaban J connectivity index is 1.50. The normalized spacial score (nSPS) is 19.1. The van der Waals surface area contributed by atoms with Crippen LogP contribution in [-0.2, 0) is 21.4 Å². The van der Waals surface area contributed by atoms with Gasteiger partial charge in [0.05, 0.1) is 4.90 Å². The maximum Gasteiger partial charge on any atom is 0.243 e. The summed E-state index contributed by atoms with van der Waals surface area (Å²) < 4.78 is 51.7. The lowest BCUT2D eigenvalue weighted by molar-refractivity contribution is -0.124. The van der Waals surface area contributed by atoms with Crippen LogP contribution in [0.25, 0.3) is 0 Å². The molecule has 2 heterocycles. The van der Waals surface area contributed by atoms with E-state index in [1.807, 2.05) is 0 Å². The fraction of sp³-hybridized carbons (Fsp3) is 0.350. The van der Waals surface area contributed by atoms with Gasteiger partial charge >= 0.3 is 0 Å². The van der Waals surface area contributed by atoms with E-state index in [4.69, 9.17) is 9.47 Å². The van der Waals surface area contributed by atoms with Crippen LogP contribution in [0.2, 0.25) is 0 Å². The molecule has 1 unspecified atom stereocenters. The molecule has 1 saturated heterocycles. The van der Waals surface area contributed by atoms with Crippen molar-refractivity contribution in [2.75, 3.05) is 19.8 Å². The first kappa shape index (κ1) is 19.7. The molecular formula is C20H21FN2O5S. The Hall–Kier alpha value is -2.65. The molecule has 1 N–H and O–H groups in total. The van der Waals surface area contributed by atoms with Crippen LogP contribution < -0.4 is 14.8 Å². The summed E-state index contributed by atoms with van der Waals surface area (Å²) in [6, 6.07) is 9.57. The van der Waals surface area contributed by atoms with Crippen molar-refractivity contribution in [2.24, 2.45) is 0 Å². The predicted octanol–water partition coefficient (Wildman–Crippen LogP) is 2.07. The number of carbonyl (C=O) groups excluding carboxylic acids is 1. The molecule has 1 fully saturated rings. The lowest BCUT2D eigenvalue weighted by Crippen LogP contribution is -2.45. The van der Waals surface area contributed by atoms with Crippen LogP contribution in [0.15, 0.2) is 47.4 Å². The van der Waals surface area contributed by atoms with E-state index in [2.05, 4.69) is 5.32 Å². The second-order valence-electron chi connectivity index (χ2n) is 6.93. The summed E-state index contributed by atoms with van der Waals surface area (Å²) in [5, 5.41) is 2.72. The molecule has 154 valence electrons. The van der Waals surface area contributed by atoms with Crippen molar-refractivity contribution in [1.29, 1.82) is 0 Å². The largest absolute Gasteiger partial charge is 0.486 e. The number of ether oxygens (including phenoxy) is 2. The van der Waals surface area contributed by atoms with Gasteiger partial charge in [0.1, 0.15) is 25.1 Å². The van der Waals surface area contributed by atoms with Crippen LogP contribution in [0.3, 0.4) is 0 Å². The van der Waals surface area contributed by atoms with Gasteiger partial charge in [-0.3, -0.25) is 4.79 Å². The third-order valence-electron chi connectivity index (χ3n) is 4.98. The summed E-state index contributed by atoms with van der Waals surface area (Å²) in [6.07, 6.45) is 1.01. The van der Waals surface area contributed by atoms with Gasteiger partial charge in [-0.15, -0.1) is 0 Å². The van der Waals surface area contributed by atoms with Crippen LogP contribution in [0.4, 0.5) is 4.39 Å². The fourth-order valence-corrected chi connectivity index (χ4v) is 5.24. The molecule has 0 saturated carbocycles. The number of hydrogen-bond donors (Lipinski definition) is 1. The topological polar surface area (TPSA) is 84.9 Å². The predicted molar refractivity (Wildman–Crippen MR) is 103 cm³/mol. The highest BCUT2D eigenvalue weighted by molar-refractivity contribution is 7.89. The van der Waals surface area contributed by atoms with Gasteiger partial charge in [0.25, 0.3) is 0 Å². The summed E-state index contributed by atoms with van der Waals surface area (Å²) in [6.45, 7) is 1.16. The Kier molecular flexibility index (Phi) is 5.42. The van der Waals surface area contributed by atoms with Crippen molar-refractivity contribution in [2.45, 2.75) is 30.3 Å². The molecule has 2 aromatic carbocycles. The average molecular weight is 420 g/mol. The zero-order valence-electron chi connectivity index (χ0n) is 15.6. The molecule has 1 atom stereocenters. The Morgan fingerprint density at radius 1 is 1.14 bits per heavy atom. The Morgan fingerprint density at radius 3 is 2.72 bits per heavy atom. The van der Waals surface area contributed by atoms with E-state index in [1.165, 1.54) is 28.6 Å². The average Bonchev–Trinajstić information content (AvgIpc) is 3.23. The van der Waals surface area contributed by atoms with Gasteiger partial charge < -0.3 is 14.8 Å². The molecule has 7 nitrogen and oxygen atoms in total. The second-order valence-corrected chi connectivity index (χ2v) is 8.82. The number of amides is 1. The number of hydrogen-bond acceptors (Lipinski definition) is 5. The minimum absolute atomic E-state index is 0.0616. The molecule has 9 heteroatoms. The number of nitrogens with zero attached hydrogens (tertiary/aromatic N) is 1. The lowest BCUT2D eigenvalue weighted by Gasteiger charge is -2.24. The maximum atomic E-state index is 13.3. The molecule has 0 aliphatic carbocycles. The van der Waals surface area contributed by atoms with Crippen molar-refractivity contribution in [1.82, 2.24) is 9.62 Å². The standard InChI is InChI=1S/C20H21FN2O5S/c21-15-4-1-3-14(11-15)13-22-20(24)17-5-2-8-23(17)29(25,26)16-6-7-18-19(12-16)28-10-9-27-18/h1,3-4,6-7,11-12,17H,2,5,8-10,13H2,(H,22,24). The zero-order chi connectivity index (χ0) is 20.4. The number of nitrogens with one attached hydrogen (secondary N) is 1. The monoisotopic (exact) mass is 420 g/mol. The van der Waals surface area contributed by atoms with E-state index in [-0.39, 0.29) is 23.8 Å². The fourth-order valence-electron chi connectivity index (χ4n) is 3.56. The summed E-state index contributed by atoms with van der Waals surface area (Å²) >= 11 is 0. The van der Waals surface area contributed by atoms with E-state index >= 15 is 0 Å². The highest BCUT2D eigenvalue weighted by Gasteiger charge is 2.39. The van der Waals surface area contributed by atoms with Gasteiger partial charge in [-0.05, 0) is 42.7 Å². The van der Waals surface area contributed by atoms with Crippen LogP contribution in [-0.4, -0.2) is 44.4 Å². The number of benzene rings is 2. The van der Waals surface area contributed by atoms with Gasteiger partial charge in [0.2, 0.25) is 15.9 Å². The zero-order valence-corrected chi connectivity index (χ0v) is 16.5. The number of fused-ring (bicyclic) bond motifs is 1. The molecule has 0 aromatic heterocycles.